The van der Waals surface area contributed by atoms with E-state index in [1.807, 2.05) is 38.1 Å². The fourth-order valence-corrected chi connectivity index (χ4v) is 4.89. The molecule has 1 unspecified atom stereocenters. The van der Waals surface area contributed by atoms with Crippen molar-refractivity contribution < 1.29 is 17.9 Å². The molecule has 0 saturated heterocycles. The zero-order valence-corrected chi connectivity index (χ0v) is 20.4. The van der Waals surface area contributed by atoms with Crippen molar-refractivity contribution in [1.29, 1.82) is 0 Å². The van der Waals surface area contributed by atoms with Crippen molar-refractivity contribution in [1.82, 2.24) is 9.62 Å². The van der Waals surface area contributed by atoms with Gasteiger partial charge in [-0.05, 0) is 55.3 Å². The lowest BCUT2D eigenvalue weighted by Crippen LogP contribution is -2.41. The van der Waals surface area contributed by atoms with Gasteiger partial charge in [0.1, 0.15) is 5.75 Å². The fraction of sp³-hybridized carbons (Fsp3) is 0.240. The molecule has 1 N–H and O–H groups in total. The second-order valence-corrected chi connectivity index (χ2v) is 10.1. The van der Waals surface area contributed by atoms with Crippen LogP contribution in [-0.2, 0) is 21.4 Å². The first-order chi connectivity index (χ1) is 15.7. The van der Waals surface area contributed by atoms with Crippen LogP contribution in [0.3, 0.4) is 0 Å². The number of nitrogens with one attached hydrogen (secondary N) is 1. The van der Waals surface area contributed by atoms with Crippen molar-refractivity contribution in [3.05, 3.63) is 94.5 Å². The lowest BCUT2D eigenvalue weighted by atomic mass is 10.1. The summed E-state index contributed by atoms with van der Waals surface area (Å²) in [5.41, 5.74) is 2.44. The number of aryl methyl sites for hydroxylation is 1. The van der Waals surface area contributed by atoms with Gasteiger partial charge in [-0.25, -0.2) is 8.42 Å². The van der Waals surface area contributed by atoms with E-state index in [-0.39, 0.29) is 24.0 Å². The molecule has 0 radical (unpaired) electrons. The Balaban J connectivity index is 1.83. The van der Waals surface area contributed by atoms with Crippen LogP contribution in [0.25, 0.3) is 0 Å². The molecule has 33 heavy (non-hydrogen) atoms. The molecule has 0 fully saturated rings. The monoisotopic (exact) mass is 486 g/mol. The van der Waals surface area contributed by atoms with Gasteiger partial charge in [0, 0.05) is 11.6 Å². The number of carbonyl (C=O) groups is 1. The molecule has 0 aliphatic carbocycles. The van der Waals surface area contributed by atoms with Crippen LogP contribution in [-0.4, -0.2) is 32.3 Å². The lowest BCUT2D eigenvalue weighted by molar-refractivity contribution is -0.122. The summed E-state index contributed by atoms with van der Waals surface area (Å²) in [6.07, 6.45) is 0. The van der Waals surface area contributed by atoms with E-state index < -0.39 is 15.9 Å². The van der Waals surface area contributed by atoms with Crippen molar-refractivity contribution in [3.8, 4) is 5.75 Å². The average molecular weight is 487 g/mol. The number of amides is 1. The molecular formula is C25H27ClN2O4S. The number of benzene rings is 3. The Morgan fingerprint density at radius 1 is 1.03 bits per heavy atom. The summed E-state index contributed by atoms with van der Waals surface area (Å²) in [5, 5.41) is 3.32. The maximum absolute atomic E-state index is 13.4. The molecule has 0 saturated carbocycles. The molecule has 3 aromatic carbocycles. The highest BCUT2D eigenvalue weighted by Crippen LogP contribution is 2.23. The number of ether oxygens (including phenoxy) is 1. The fourth-order valence-electron chi connectivity index (χ4n) is 3.33. The Kier molecular flexibility index (Phi) is 8.13. The van der Waals surface area contributed by atoms with E-state index >= 15 is 0 Å². The first-order valence-electron chi connectivity index (χ1n) is 10.4. The number of nitrogens with zero attached hydrogens (tertiary/aromatic N) is 1. The normalized spacial score (nSPS) is 12.4. The number of sulfonamides is 1. The summed E-state index contributed by atoms with van der Waals surface area (Å²) in [7, 11) is -2.35. The van der Waals surface area contributed by atoms with E-state index in [9.17, 15) is 13.2 Å². The van der Waals surface area contributed by atoms with E-state index in [0.717, 1.165) is 15.4 Å². The SMILES string of the molecule is COc1ccc(C(C)NC(=O)CN(Cc2ccccc2Cl)S(=O)(=O)c2ccc(C)cc2)cc1. The Morgan fingerprint density at radius 3 is 2.27 bits per heavy atom. The van der Waals surface area contributed by atoms with Gasteiger partial charge in [0.15, 0.2) is 0 Å². The number of hydrogen-bond acceptors (Lipinski definition) is 4. The Labute approximate surface area is 200 Å². The van der Waals surface area contributed by atoms with E-state index in [0.29, 0.717) is 16.3 Å². The molecule has 0 spiro atoms. The van der Waals surface area contributed by atoms with Gasteiger partial charge < -0.3 is 10.1 Å². The number of methoxy groups -OCH3 is 1. The first-order valence-corrected chi connectivity index (χ1v) is 12.3. The zero-order valence-electron chi connectivity index (χ0n) is 18.8. The summed E-state index contributed by atoms with van der Waals surface area (Å²) >= 11 is 6.28. The average Bonchev–Trinajstić information content (AvgIpc) is 2.80. The van der Waals surface area contributed by atoms with Gasteiger partial charge in [-0.15, -0.1) is 0 Å². The molecule has 6 nitrogen and oxygen atoms in total. The van der Waals surface area contributed by atoms with Crippen LogP contribution < -0.4 is 10.1 Å². The third-order valence-electron chi connectivity index (χ3n) is 5.28. The molecule has 3 aromatic rings. The molecule has 3 rings (SSSR count). The van der Waals surface area contributed by atoms with Gasteiger partial charge >= 0.3 is 0 Å². The number of carbonyl (C=O) groups excluding carboxylic acids is 1. The molecule has 0 aromatic heterocycles. The second kappa shape index (κ2) is 10.8. The van der Waals surface area contributed by atoms with Crippen LogP contribution in [0.2, 0.25) is 5.02 Å². The van der Waals surface area contributed by atoms with Gasteiger partial charge in [0.2, 0.25) is 15.9 Å². The van der Waals surface area contributed by atoms with E-state index in [2.05, 4.69) is 5.32 Å². The highest BCUT2D eigenvalue weighted by atomic mass is 35.5. The van der Waals surface area contributed by atoms with E-state index in [1.165, 1.54) is 0 Å². The minimum absolute atomic E-state index is 0.0276. The van der Waals surface area contributed by atoms with Crippen LogP contribution in [0.5, 0.6) is 5.75 Å². The maximum Gasteiger partial charge on any atom is 0.243 e. The summed E-state index contributed by atoms with van der Waals surface area (Å²) in [6.45, 7) is 3.35. The molecular weight excluding hydrogens is 460 g/mol. The largest absolute Gasteiger partial charge is 0.497 e. The number of hydrogen-bond donors (Lipinski definition) is 1. The smallest absolute Gasteiger partial charge is 0.243 e. The third-order valence-corrected chi connectivity index (χ3v) is 7.45. The van der Waals surface area contributed by atoms with Crippen molar-refractivity contribution in [3.63, 3.8) is 0 Å². The molecule has 1 amide bonds. The van der Waals surface area contributed by atoms with Crippen molar-refractivity contribution in [2.24, 2.45) is 0 Å². The summed E-state index contributed by atoms with van der Waals surface area (Å²) < 4.78 is 33.1. The van der Waals surface area contributed by atoms with E-state index in [1.54, 1.807) is 55.6 Å². The quantitative estimate of drug-likeness (QED) is 0.474. The Morgan fingerprint density at radius 2 is 1.67 bits per heavy atom. The predicted octanol–water partition coefficient (Wildman–Crippen LogP) is 4.73. The highest BCUT2D eigenvalue weighted by Gasteiger charge is 2.28. The molecule has 1 atom stereocenters. The zero-order chi connectivity index (χ0) is 24.0. The minimum Gasteiger partial charge on any atom is -0.497 e. The summed E-state index contributed by atoms with van der Waals surface area (Å²) in [6, 6.07) is 20.6. The lowest BCUT2D eigenvalue weighted by Gasteiger charge is -2.24. The number of halogens is 1. The van der Waals surface area contributed by atoms with Gasteiger partial charge in [-0.3, -0.25) is 4.79 Å². The molecule has 174 valence electrons. The predicted molar refractivity (Wildman–Crippen MR) is 130 cm³/mol. The van der Waals surface area contributed by atoms with Crippen LogP contribution in [0.4, 0.5) is 0 Å². The van der Waals surface area contributed by atoms with E-state index in [4.69, 9.17) is 16.3 Å². The van der Waals surface area contributed by atoms with Crippen molar-refractivity contribution >= 4 is 27.5 Å². The molecule has 0 aliphatic rings. The van der Waals surface area contributed by atoms with Gasteiger partial charge in [-0.2, -0.15) is 4.31 Å². The van der Waals surface area contributed by atoms with Gasteiger partial charge in [0.05, 0.1) is 24.6 Å². The molecule has 0 heterocycles. The number of rotatable bonds is 9. The maximum atomic E-state index is 13.4. The highest BCUT2D eigenvalue weighted by molar-refractivity contribution is 7.89. The Bertz CT molecular complexity index is 1200. The van der Waals surface area contributed by atoms with Crippen LogP contribution >= 0.6 is 11.6 Å². The summed E-state index contributed by atoms with van der Waals surface area (Å²) in [4.78, 5) is 13.0. The topological polar surface area (TPSA) is 75.7 Å². The Hall–Kier alpha value is -2.87. The van der Waals surface area contributed by atoms with Crippen LogP contribution in [0.1, 0.15) is 29.7 Å². The van der Waals surface area contributed by atoms with Gasteiger partial charge in [0.25, 0.3) is 0 Å². The van der Waals surface area contributed by atoms with Crippen LogP contribution in [0.15, 0.2) is 77.7 Å². The first kappa shape index (κ1) is 24.8. The molecule has 0 aliphatic heterocycles. The second-order valence-electron chi connectivity index (χ2n) is 7.74. The standard InChI is InChI=1S/C25H27ClN2O4S/c1-18-8-14-23(15-9-18)33(30,31)28(16-21-6-4-5-7-24(21)26)17-25(29)27-19(2)20-10-12-22(32-3)13-11-20/h4-15,19H,16-17H2,1-3H3,(H,27,29). The van der Waals surface area contributed by atoms with Gasteiger partial charge in [-0.1, -0.05) is 59.6 Å². The van der Waals surface area contributed by atoms with Crippen molar-refractivity contribution in [2.45, 2.75) is 31.3 Å². The molecule has 8 heteroatoms. The minimum atomic E-state index is -3.94. The van der Waals surface area contributed by atoms with Crippen LogP contribution in [0, 0.1) is 6.92 Å². The molecule has 0 bridgehead atoms. The summed E-state index contributed by atoms with van der Waals surface area (Å²) in [5.74, 6) is 0.299. The third kappa shape index (κ3) is 6.35. The van der Waals surface area contributed by atoms with Crippen molar-refractivity contribution in [2.75, 3.05) is 13.7 Å².